The van der Waals surface area contributed by atoms with E-state index in [2.05, 4.69) is 22.1 Å². The van der Waals surface area contributed by atoms with Crippen molar-refractivity contribution in [1.82, 2.24) is 9.97 Å². The lowest BCUT2D eigenvalue weighted by Crippen LogP contribution is -2.21. The number of rotatable bonds is 7. The summed E-state index contributed by atoms with van der Waals surface area (Å²) in [4.78, 5) is 19.5. The van der Waals surface area contributed by atoms with E-state index in [4.69, 9.17) is 14.3 Å². The quantitative estimate of drug-likeness (QED) is 0.409. The average Bonchev–Trinajstić information content (AvgIpc) is 3.38. The zero-order valence-electron chi connectivity index (χ0n) is 18.4. The number of hydrogen-bond donors (Lipinski definition) is 2. The number of nitrogens with zero attached hydrogens (tertiary/aromatic N) is 2. The molecule has 2 aromatic heterocycles. The van der Waals surface area contributed by atoms with Crippen LogP contribution in [0.3, 0.4) is 0 Å². The normalized spacial score (nSPS) is 16.0. The minimum Gasteiger partial charge on any atom is -0.489 e. The molecule has 0 saturated carbocycles. The van der Waals surface area contributed by atoms with E-state index in [1.54, 1.807) is 12.1 Å². The van der Waals surface area contributed by atoms with Crippen LogP contribution in [0, 0.1) is 5.92 Å². The van der Waals surface area contributed by atoms with Crippen molar-refractivity contribution in [3.8, 4) is 17.2 Å². The van der Waals surface area contributed by atoms with Crippen molar-refractivity contribution in [3.05, 3.63) is 101 Å². The van der Waals surface area contributed by atoms with E-state index in [9.17, 15) is 9.90 Å². The first-order valence-electron chi connectivity index (χ1n) is 11.2. The molecule has 0 radical (unpaired) electrons. The second-order valence-electron chi connectivity index (χ2n) is 8.43. The number of aliphatic hydroxyl groups excluding tert-OH is 1. The van der Waals surface area contributed by atoms with Crippen LogP contribution in [-0.4, -0.2) is 26.2 Å². The van der Waals surface area contributed by atoms with Crippen molar-refractivity contribution in [2.75, 3.05) is 0 Å². The molecule has 0 saturated heterocycles. The summed E-state index contributed by atoms with van der Waals surface area (Å²) in [6.07, 6.45) is 2.94. The molecule has 4 aromatic rings. The van der Waals surface area contributed by atoms with Gasteiger partial charge in [-0.1, -0.05) is 42.5 Å². The molecule has 0 aliphatic heterocycles. The molecule has 2 aromatic carbocycles. The van der Waals surface area contributed by atoms with Gasteiger partial charge in [-0.2, -0.15) is 0 Å². The smallest absolute Gasteiger partial charge is 0.354 e. The Bertz CT molecular complexity index is 1300. The zero-order chi connectivity index (χ0) is 23.5. The maximum atomic E-state index is 11.2. The Labute approximate surface area is 196 Å². The van der Waals surface area contributed by atoms with Gasteiger partial charge in [-0.25, -0.2) is 14.8 Å². The fourth-order valence-corrected chi connectivity index (χ4v) is 4.30. The molecule has 0 bridgehead atoms. The lowest BCUT2D eigenvalue weighted by atomic mass is 9.81. The number of carbonyl (C=O) groups is 1. The highest BCUT2D eigenvalue weighted by molar-refractivity contribution is 5.85. The summed E-state index contributed by atoms with van der Waals surface area (Å²) in [5.41, 5.74) is 3.83. The Morgan fingerprint density at radius 2 is 1.94 bits per heavy atom. The van der Waals surface area contributed by atoms with E-state index in [0.29, 0.717) is 24.5 Å². The second-order valence-corrected chi connectivity index (χ2v) is 8.43. The molecule has 0 fully saturated rings. The molecule has 0 spiro atoms. The van der Waals surface area contributed by atoms with Crippen molar-refractivity contribution in [3.63, 3.8) is 0 Å². The van der Waals surface area contributed by atoms with Crippen LogP contribution in [-0.2, 0) is 19.4 Å². The third kappa shape index (κ3) is 4.70. The standard InChI is InChI=1S/C27H24N2O5/c30-25(26-28-15-24(34-26)22-7-4-8-23(29-22)27(31)32)20-10-9-19-14-21(12-11-18(19)13-20)33-16-17-5-2-1-3-6-17/h1-8,11-12,14-15,20,25,30H,9-10,13,16H2,(H,31,32). The van der Waals surface area contributed by atoms with Crippen LogP contribution >= 0.6 is 0 Å². The number of benzene rings is 2. The van der Waals surface area contributed by atoms with Crippen molar-refractivity contribution in [2.45, 2.75) is 32.0 Å². The van der Waals surface area contributed by atoms with Gasteiger partial charge in [-0.3, -0.25) is 0 Å². The number of aromatic carboxylic acids is 1. The number of aliphatic hydroxyl groups is 1. The van der Waals surface area contributed by atoms with Gasteiger partial charge in [0.25, 0.3) is 0 Å². The highest BCUT2D eigenvalue weighted by atomic mass is 16.5. The molecule has 1 aliphatic rings. The Balaban J connectivity index is 1.25. The maximum Gasteiger partial charge on any atom is 0.354 e. The number of ether oxygens (including phenoxy) is 1. The molecule has 1 aliphatic carbocycles. The fraction of sp³-hybridized carbons (Fsp3) is 0.222. The minimum absolute atomic E-state index is 0.0339. The highest BCUT2D eigenvalue weighted by Crippen LogP contribution is 2.36. The first-order chi connectivity index (χ1) is 16.6. The topological polar surface area (TPSA) is 106 Å². The molecule has 7 heteroatoms. The summed E-state index contributed by atoms with van der Waals surface area (Å²) in [6.45, 7) is 0.525. The number of oxazole rings is 1. The van der Waals surface area contributed by atoms with Crippen LogP contribution in [0.15, 0.2) is 77.3 Å². The third-order valence-electron chi connectivity index (χ3n) is 6.14. The SMILES string of the molecule is O=C(O)c1cccc(-c2cnc(C(O)C3CCc4cc(OCc5ccccc5)ccc4C3)o2)n1. The Morgan fingerprint density at radius 3 is 2.76 bits per heavy atom. The van der Waals surface area contributed by atoms with Crippen LogP contribution in [0.25, 0.3) is 11.5 Å². The van der Waals surface area contributed by atoms with Gasteiger partial charge in [-0.15, -0.1) is 0 Å². The van der Waals surface area contributed by atoms with Gasteiger partial charge in [0.2, 0.25) is 5.89 Å². The first-order valence-corrected chi connectivity index (χ1v) is 11.2. The average molecular weight is 456 g/mol. The van der Waals surface area contributed by atoms with E-state index in [0.717, 1.165) is 24.2 Å². The number of aryl methyl sites for hydroxylation is 1. The van der Waals surface area contributed by atoms with Gasteiger partial charge in [0.1, 0.15) is 29.8 Å². The molecular weight excluding hydrogens is 432 g/mol. The molecule has 34 heavy (non-hydrogen) atoms. The van der Waals surface area contributed by atoms with E-state index < -0.39 is 12.1 Å². The monoisotopic (exact) mass is 456 g/mol. The van der Waals surface area contributed by atoms with Crippen LogP contribution in [0.4, 0.5) is 0 Å². The van der Waals surface area contributed by atoms with E-state index >= 15 is 0 Å². The van der Waals surface area contributed by atoms with Gasteiger partial charge in [-0.05, 0) is 66.1 Å². The molecule has 0 amide bonds. The number of pyridine rings is 1. The predicted octanol–water partition coefficient (Wildman–Crippen LogP) is 4.85. The molecule has 5 rings (SSSR count). The molecule has 2 atom stereocenters. The number of aromatic nitrogens is 2. The van der Waals surface area contributed by atoms with Crippen molar-refractivity contribution in [1.29, 1.82) is 0 Å². The minimum atomic E-state index is -1.11. The van der Waals surface area contributed by atoms with E-state index in [1.165, 1.54) is 23.4 Å². The van der Waals surface area contributed by atoms with Gasteiger partial charge in [0, 0.05) is 0 Å². The highest BCUT2D eigenvalue weighted by Gasteiger charge is 2.29. The molecule has 2 N–H and O–H groups in total. The molecule has 2 heterocycles. The van der Waals surface area contributed by atoms with E-state index in [-0.39, 0.29) is 17.5 Å². The van der Waals surface area contributed by atoms with Crippen molar-refractivity contribution in [2.24, 2.45) is 5.92 Å². The number of carboxylic acids is 1. The summed E-state index contributed by atoms with van der Waals surface area (Å²) in [5.74, 6) is 0.238. The molecule has 7 nitrogen and oxygen atoms in total. The summed E-state index contributed by atoms with van der Waals surface area (Å²) >= 11 is 0. The van der Waals surface area contributed by atoms with E-state index in [1.807, 2.05) is 36.4 Å². The summed E-state index contributed by atoms with van der Waals surface area (Å²) < 4.78 is 11.7. The molecule has 172 valence electrons. The molecule has 2 unspecified atom stereocenters. The van der Waals surface area contributed by atoms with Gasteiger partial charge in [0.05, 0.1) is 6.20 Å². The van der Waals surface area contributed by atoms with Crippen molar-refractivity contribution >= 4 is 5.97 Å². The lowest BCUT2D eigenvalue weighted by molar-refractivity contribution is 0.0690. The van der Waals surface area contributed by atoms with Crippen LogP contribution in [0.2, 0.25) is 0 Å². The summed E-state index contributed by atoms with van der Waals surface area (Å²) in [6, 6.07) is 20.8. The number of hydrogen-bond acceptors (Lipinski definition) is 6. The predicted molar refractivity (Wildman–Crippen MR) is 124 cm³/mol. The van der Waals surface area contributed by atoms with Gasteiger partial charge >= 0.3 is 5.97 Å². The van der Waals surface area contributed by atoms with Gasteiger partial charge < -0.3 is 19.4 Å². The third-order valence-corrected chi connectivity index (χ3v) is 6.14. The molecular formula is C27H24N2O5. The van der Waals surface area contributed by atoms with Crippen LogP contribution in [0.1, 0.15) is 45.6 Å². The summed E-state index contributed by atoms with van der Waals surface area (Å²) in [5, 5.41) is 20.1. The second kappa shape index (κ2) is 9.49. The maximum absolute atomic E-state index is 11.2. The number of carboxylic acid groups (broad SMARTS) is 1. The Morgan fingerprint density at radius 1 is 1.09 bits per heavy atom. The largest absolute Gasteiger partial charge is 0.489 e. The van der Waals surface area contributed by atoms with Crippen LogP contribution in [0.5, 0.6) is 5.75 Å². The number of fused-ring (bicyclic) bond motifs is 1. The van der Waals surface area contributed by atoms with Crippen LogP contribution < -0.4 is 4.74 Å². The summed E-state index contributed by atoms with van der Waals surface area (Å²) in [7, 11) is 0. The fourth-order valence-electron chi connectivity index (χ4n) is 4.30. The first kappa shape index (κ1) is 21.9. The van der Waals surface area contributed by atoms with Gasteiger partial charge in [0.15, 0.2) is 5.76 Å². The lowest BCUT2D eigenvalue weighted by Gasteiger charge is -2.27. The van der Waals surface area contributed by atoms with Crippen molar-refractivity contribution < 1.29 is 24.2 Å². The zero-order valence-corrected chi connectivity index (χ0v) is 18.4. The Hall–Kier alpha value is -3.97. The Kier molecular flexibility index (Phi) is 6.10.